The van der Waals surface area contributed by atoms with Crippen molar-refractivity contribution in [2.45, 2.75) is 78.4 Å². The molecular formula is C21H38NO3+. The number of piperidine rings is 1. The number of nitrogens with zero attached hydrogens (tertiary/aromatic N) is 1. The summed E-state index contributed by atoms with van der Waals surface area (Å²) in [5.41, 5.74) is 0.627. The molecule has 25 heavy (non-hydrogen) atoms. The molecule has 4 heteroatoms. The Morgan fingerprint density at radius 3 is 2.40 bits per heavy atom. The van der Waals surface area contributed by atoms with E-state index in [-0.39, 0.29) is 17.5 Å². The maximum absolute atomic E-state index is 11.6. The van der Waals surface area contributed by atoms with Gasteiger partial charge in [0, 0.05) is 6.92 Å². The zero-order valence-electron chi connectivity index (χ0n) is 17.0. The number of hydrogen-bond donors (Lipinski definition) is 0. The molecule has 0 amide bonds. The minimum absolute atomic E-state index is 0.119. The Kier molecular flexibility index (Phi) is 5.25. The molecule has 3 fully saturated rings. The van der Waals surface area contributed by atoms with E-state index < -0.39 is 0 Å². The number of hydrogen-bond acceptors (Lipinski definition) is 3. The smallest absolute Gasteiger partial charge is 0.303 e. The van der Waals surface area contributed by atoms with E-state index in [4.69, 9.17) is 9.47 Å². The SMILES string of the molecule is CC(=O)O[C@@H](CO[C@H]1C[C@H]2CC[C@@]1(C)C2(C)C)C[N+]1(C)CCCCC1. The normalized spacial score (nSPS) is 37.0. The maximum atomic E-state index is 11.6. The predicted molar refractivity (Wildman–Crippen MR) is 99.2 cm³/mol. The minimum Gasteiger partial charge on any atom is -0.454 e. The largest absolute Gasteiger partial charge is 0.454 e. The molecule has 2 saturated carbocycles. The van der Waals surface area contributed by atoms with Crippen LogP contribution in [0.1, 0.15) is 66.2 Å². The summed E-state index contributed by atoms with van der Waals surface area (Å²) in [5, 5.41) is 0. The second kappa shape index (κ2) is 6.84. The van der Waals surface area contributed by atoms with Crippen LogP contribution in [0.2, 0.25) is 0 Å². The number of rotatable bonds is 6. The minimum atomic E-state index is -0.184. The molecule has 0 radical (unpaired) electrons. The third kappa shape index (κ3) is 3.62. The first-order valence-corrected chi connectivity index (χ1v) is 10.3. The van der Waals surface area contributed by atoms with Gasteiger partial charge >= 0.3 is 5.97 Å². The van der Waals surface area contributed by atoms with E-state index in [1.54, 1.807) is 0 Å². The van der Waals surface area contributed by atoms with Gasteiger partial charge in [0.15, 0.2) is 6.10 Å². The highest BCUT2D eigenvalue weighted by Crippen LogP contribution is 2.66. The zero-order chi connectivity index (χ0) is 18.3. The summed E-state index contributed by atoms with van der Waals surface area (Å²) >= 11 is 0. The number of ether oxygens (including phenoxy) is 2. The third-order valence-corrected chi connectivity index (χ3v) is 8.07. The lowest BCUT2D eigenvalue weighted by molar-refractivity contribution is -0.916. The molecule has 0 spiro atoms. The molecule has 0 aromatic carbocycles. The Balaban J connectivity index is 1.61. The van der Waals surface area contributed by atoms with Crippen LogP contribution in [0, 0.1) is 16.7 Å². The lowest BCUT2D eigenvalue weighted by atomic mass is 9.70. The molecule has 1 aliphatic heterocycles. The molecule has 4 atom stereocenters. The maximum Gasteiger partial charge on any atom is 0.303 e. The first kappa shape index (κ1) is 19.2. The van der Waals surface area contributed by atoms with Crippen LogP contribution in [-0.4, -0.2) is 55.9 Å². The number of carbonyl (C=O) groups is 1. The van der Waals surface area contributed by atoms with Crippen LogP contribution in [0.5, 0.6) is 0 Å². The van der Waals surface area contributed by atoms with E-state index in [0.717, 1.165) is 16.9 Å². The molecule has 1 saturated heterocycles. The standard InChI is InChI=1S/C21H38NO3/c1-16(23)25-18(14-22(5)11-7-6-8-12-22)15-24-19-13-17-9-10-21(19,4)20(17,2)3/h17-19H,6-15H2,1-5H3/q+1/t17-,18-,19+,21-/m1/s1. The van der Waals surface area contributed by atoms with Gasteiger partial charge in [0.2, 0.25) is 0 Å². The fourth-order valence-corrected chi connectivity index (χ4v) is 5.91. The van der Waals surface area contributed by atoms with Crippen molar-refractivity contribution in [3.63, 3.8) is 0 Å². The third-order valence-electron chi connectivity index (χ3n) is 8.07. The summed E-state index contributed by atoms with van der Waals surface area (Å²) in [6, 6.07) is 0. The van der Waals surface area contributed by atoms with Crippen molar-refractivity contribution in [3.05, 3.63) is 0 Å². The number of fused-ring (bicyclic) bond motifs is 2. The highest BCUT2D eigenvalue weighted by Gasteiger charge is 2.62. The van der Waals surface area contributed by atoms with Crippen LogP contribution in [0.3, 0.4) is 0 Å². The number of carbonyl (C=O) groups excluding carboxylic acids is 1. The molecule has 2 bridgehead atoms. The molecule has 2 aliphatic carbocycles. The number of likely N-dealkylation sites (N-methyl/N-ethyl adjacent to an activating group) is 1. The van der Waals surface area contributed by atoms with Crippen molar-refractivity contribution in [1.29, 1.82) is 0 Å². The quantitative estimate of drug-likeness (QED) is 0.539. The summed E-state index contributed by atoms with van der Waals surface area (Å²) in [6.07, 6.45) is 7.86. The molecule has 3 rings (SSSR count). The topological polar surface area (TPSA) is 35.5 Å². The summed E-state index contributed by atoms with van der Waals surface area (Å²) in [6.45, 7) is 12.6. The average Bonchev–Trinajstić information content (AvgIpc) is 2.85. The van der Waals surface area contributed by atoms with Crippen LogP contribution in [-0.2, 0) is 14.3 Å². The fourth-order valence-electron chi connectivity index (χ4n) is 5.91. The Hall–Kier alpha value is -0.610. The molecule has 0 N–H and O–H groups in total. The first-order chi connectivity index (χ1) is 11.7. The Morgan fingerprint density at radius 2 is 1.88 bits per heavy atom. The van der Waals surface area contributed by atoms with Crippen LogP contribution in [0.25, 0.3) is 0 Å². The van der Waals surface area contributed by atoms with Gasteiger partial charge in [0.25, 0.3) is 0 Å². The number of quaternary nitrogens is 1. The summed E-state index contributed by atoms with van der Waals surface area (Å²) in [7, 11) is 2.30. The summed E-state index contributed by atoms with van der Waals surface area (Å²) < 4.78 is 13.1. The van der Waals surface area contributed by atoms with Crippen LogP contribution >= 0.6 is 0 Å². The monoisotopic (exact) mass is 352 g/mol. The van der Waals surface area contributed by atoms with Crippen molar-refractivity contribution in [2.75, 3.05) is 33.3 Å². The van der Waals surface area contributed by atoms with Crippen LogP contribution in [0.15, 0.2) is 0 Å². The van der Waals surface area contributed by atoms with Crippen LogP contribution in [0.4, 0.5) is 0 Å². The molecule has 144 valence electrons. The summed E-state index contributed by atoms with van der Waals surface area (Å²) in [5.74, 6) is 0.595. The van der Waals surface area contributed by atoms with Crippen molar-refractivity contribution < 1.29 is 18.8 Å². The van der Waals surface area contributed by atoms with Gasteiger partial charge in [-0.05, 0) is 55.3 Å². The summed E-state index contributed by atoms with van der Waals surface area (Å²) in [4.78, 5) is 11.6. The Bertz CT molecular complexity index is 497. The highest BCUT2D eigenvalue weighted by molar-refractivity contribution is 5.66. The molecule has 0 aromatic heterocycles. The number of esters is 1. The average molecular weight is 353 g/mol. The van der Waals surface area contributed by atoms with Crippen LogP contribution < -0.4 is 0 Å². The van der Waals surface area contributed by atoms with Crippen molar-refractivity contribution in [1.82, 2.24) is 0 Å². The van der Waals surface area contributed by atoms with E-state index in [9.17, 15) is 4.79 Å². The molecule has 0 aromatic rings. The van der Waals surface area contributed by atoms with Gasteiger partial charge in [-0.3, -0.25) is 4.79 Å². The van der Waals surface area contributed by atoms with Crippen molar-refractivity contribution in [3.8, 4) is 0 Å². The van der Waals surface area contributed by atoms with E-state index in [2.05, 4.69) is 27.8 Å². The van der Waals surface area contributed by atoms with Gasteiger partial charge in [-0.15, -0.1) is 0 Å². The molecular weight excluding hydrogens is 314 g/mol. The van der Waals surface area contributed by atoms with E-state index in [1.807, 2.05) is 0 Å². The van der Waals surface area contributed by atoms with Gasteiger partial charge in [-0.1, -0.05) is 20.8 Å². The van der Waals surface area contributed by atoms with Gasteiger partial charge in [-0.25, -0.2) is 0 Å². The van der Waals surface area contributed by atoms with Gasteiger partial charge in [-0.2, -0.15) is 0 Å². The van der Waals surface area contributed by atoms with E-state index in [1.165, 1.54) is 58.5 Å². The fraction of sp³-hybridized carbons (Fsp3) is 0.952. The van der Waals surface area contributed by atoms with Crippen molar-refractivity contribution >= 4 is 5.97 Å². The lowest BCUT2D eigenvalue weighted by Gasteiger charge is -2.41. The van der Waals surface area contributed by atoms with Gasteiger partial charge in [0.05, 0.1) is 32.8 Å². The highest BCUT2D eigenvalue weighted by atomic mass is 16.6. The molecule has 3 aliphatic rings. The molecule has 1 heterocycles. The Labute approximate surface area is 153 Å². The number of likely N-dealkylation sites (tertiary alicyclic amines) is 1. The Morgan fingerprint density at radius 1 is 1.20 bits per heavy atom. The molecule has 4 nitrogen and oxygen atoms in total. The van der Waals surface area contributed by atoms with Gasteiger partial charge in [0.1, 0.15) is 6.54 Å². The van der Waals surface area contributed by atoms with Crippen molar-refractivity contribution in [2.24, 2.45) is 16.7 Å². The second-order valence-corrected chi connectivity index (χ2v) is 9.97. The lowest BCUT2D eigenvalue weighted by Crippen LogP contribution is -2.53. The second-order valence-electron chi connectivity index (χ2n) is 9.97. The first-order valence-electron chi connectivity index (χ1n) is 10.3. The zero-order valence-corrected chi connectivity index (χ0v) is 17.0. The molecule has 0 unspecified atom stereocenters. The van der Waals surface area contributed by atoms with Gasteiger partial charge < -0.3 is 14.0 Å². The predicted octanol–water partition coefficient (Wildman–Crippen LogP) is 3.78. The van der Waals surface area contributed by atoms with E-state index >= 15 is 0 Å². The van der Waals surface area contributed by atoms with E-state index in [0.29, 0.717) is 18.1 Å².